The Kier molecular flexibility index (Phi) is 4.42. The van der Waals surface area contributed by atoms with Gasteiger partial charge in [-0.15, -0.1) is 0 Å². The van der Waals surface area contributed by atoms with Gasteiger partial charge in [-0.1, -0.05) is 43.0 Å². The van der Waals surface area contributed by atoms with Crippen LogP contribution in [-0.4, -0.2) is 5.71 Å². The Morgan fingerprint density at radius 2 is 2.21 bits per heavy atom. The summed E-state index contributed by atoms with van der Waals surface area (Å²) in [6.45, 7) is 5.83. The molecule has 0 saturated heterocycles. The summed E-state index contributed by atoms with van der Waals surface area (Å²) in [6, 6.07) is 0. The van der Waals surface area contributed by atoms with E-state index in [0.29, 0.717) is 0 Å². The van der Waals surface area contributed by atoms with Gasteiger partial charge in [0.05, 0.1) is 5.70 Å². The molecule has 1 rings (SSSR count). The molecule has 0 aromatic rings. The summed E-state index contributed by atoms with van der Waals surface area (Å²) in [5, 5.41) is 0. The van der Waals surface area contributed by atoms with Crippen LogP contribution in [0.25, 0.3) is 0 Å². The molecular formula is C13H15N. The number of hydrogen-bond acceptors (Lipinski definition) is 1. The van der Waals surface area contributed by atoms with Crippen LogP contribution in [-0.2, 0) is 0 Å². The molecule has 0 atom stereocenters. The summed E-state index contributed by atoms with van der Waals surface area (Å²) in [5.74, 6) is 0. The molecule has 0 aromatic carbocycles. The van der Waals surface area contributed by atoms with Crippen LogP contribution in [0.3, 0.4) is 0 Å². The number of nitrogens with zero attached hydrogens (tertiary/aromatic N) is 1. The van der Waals surface area contributed by atoms with Crippen molar-refractivity contribution >= 4 is 5.71 Å². The van der Waals surface area contributed by atoms with Crippen molar-refractivity contribution < 1.29 is 0 Å². The van der Waals surface area contributed by atoms with Crippen molar-refractivity contribution in [3.8, 4) is 0 Å². The van der Waals surface area contributed by atoms with E-state index < -0.39 is 0 Å². The van der Waals surface area contributed by atoms with Crippen molar-refractivity contribution in [3.05, 3.63) is 60.9 Å². The summed E-state index contributed by atoms with van der Waals surface area (Å²) in [6.07, 6.45) is 16.8. The molecule has 0 spiro atoms. The average molecular weight is 185 g/mol. The average Bonchev–Trinajstić information content (AvgIpc) is 2.13. The van der Waals surface area contributed by atoms with Crippen molar-refractivity contribution in [2.45, 2.75) is 13.3 Å². The molecule has 0 saturated carbocycles. The molecule has 0 fully saturated rings. The molecule has 72 valence electrons. The molecule has 0 aliphatic carbocycles. The summed E-state index contributed by atoms with van der Waals surface area (Å²) in [7, 11) is 0. The zero-order chi connectivity index (χ0) is 10.2. The molecule has 0 N–H and O–H groups in total. The highest BCUT2D eigenvalue weighted by Crippen LogP contribution is 2.04. The van der Waals surface area contributed by atoms with Gasteiger partial charge in [-0.2, -0.15) is 0 Å². The largest absolute Gasteiger partial charge is 0.254 e. The molecule has 1 heterocycles. The third-order valence-electron chi connectivity index (χ3n) is 1.74. The molecule has 0 amide bonds. The predicted molar refractivity (Wildman–Crippen MR) is 63.4 cm³/mol. The lowest BCUT2D eigenvalue weighted by atomic mass is 10.2. The Morgan fingerprint density at radius 3 is 3.00 bits per heavy atom. The maximum atomic E-state index is 4.37. The third-order valence-corrected chi connectivity index (χ3v) is 1.74. The highest BCUT2D eigenvalue weighted by molar-refractivity contribution is 5.97. The van der Waals surface area contributed by atoms with E-state index in [2.05, 4.69) is 17.6 Å². The second-order valence-electron chi connectivity index (χ2n) is 2.97. The summed E-state index contributed by atoms with van der Waals surface area (Å²) >= 11 is 0. The van der Waals surface area contributed by atoms with Gasteiger partial charge in [0, 0.05) is 12.1 Å². The van der Waals surface area contributed by atoms with Gasteiger partial charge in [-0.3, -0.25) is 4.99 Å². The lowest BCUT2D eigenvalue weighted by Gasteiger charge is -1.99. The Bertz CT molecular complexity index is 338. The van der Waals surface area contributed by atoms with Crippen LogP contribution >= 0.6 is 0 Å². The van der Waals surface area contributed by atoms with Gasteiger partial charge in [0.1, 0.15) is 0 Å². The Hall–Kier alpha value is -1.63. The van der Waals surface area contributed by atoms with E-state index in [1.807, 2.05) is 49.5 Å². The maximum absolute atomic E-state index is 4.37. The molecule has 1 nitrogen and oxygen atoms in total. The molecule has 0 bridgehead atoms. The van der Waals surface area contributed by atoms with E-state index in [1.54, 1.807) is 0 Å². The first-order valence-corrected chi connectivity index (χ1v) is 4.72. The van der Waals surface area contributed by atoms with Gasteiger partial charge in [-0.05, 0) is 19.1 Å². The summed E-state index contributed by atoms with van der Waals surface area (Å²) in [4.78, 5) is 4.37. The standard InChI is InChI=1S/C13H15N/c1-3-4-6-10-13-11-8-5-7-9-12(2)14-13/h3-10H,2,11H2,1H3/b4-3-,8-5-,9-7-,10-6-,14-13-. The molecule has 14 heavy (non-hydrogen) atoms. The minimum absolute atomic E-state index is 0.800. The zero-order valence-electron chi connectivity index (χ0n) is 8.48. The van der Waals surface area contributed by atoms with Gasteiger partial charge >= 0.3 is 0 Å². The Labute approximate surface area is 85.6 Å². The first-order valence-electron chi connectivity index (χ1n) is 4.72. The van der Waals surface area contributed by atoms with Crippen molar-refractivity contribution in [3.63, 3.8) is 0 Å². The van der Waals surface area contributed by atoms with E-state index in [0.717, 1.165) is 17.8 Å². The van der Waals surface area contributed by atoms with E-state index >= 15 is 0 Å². The highest BCUT2D eigenvalue weighted by Gasteiger charge is 1.93. The first kappa shape index (κ1) is 10.5. The molecule has 0 aromatic heterocycles. The van der Waals surface area contributed by atoms with E-state index in [-0.39, 0.29) is 0 Å². The van der Waals surface area contributed by atoms with Gasteiger partial charge in [0.15, 0.2) is 0 Å². The van der Waals surface area contributed by atoms with Crippen LogP contribution in [0.1, 0.15) is 13.3 Å². The minimum atomic E-state index is 0.800. The molecule has 1 aliphatic rings. The molecule has 1 aliphatic heterocycles. The third kappa shape index (κ3) is 3.85. The van der Waals surface area contributed by atoms with Crippen LogP contribution < -0.4 is 0 Å². The van der Waals surface area contributed by atoms with Crippen LogP contribution in [0.4, 0.5) is 0 Å². The Morgan fingerprint density at radius 1 is 1.36 bits per heavy atom. The van der Waals surface area contributed by atoms with Crippen LogP contribution in [0.15, 0.2) is 65.9 Å². The van der Waals surface area contributed by atoms with Crippen molar-refractivity contribution in [1.29, 1.82) is 0 Å². The minimum Gasteiger partial charge on any atom is -0.254 e. The number of hydrogen-bond donors (Lipinski definition) is 0. The molecule has 0 radical (unpaired) electrons. The number of aliphatic imine (C=N–C) groups is 1. The zero-order valence-corrected chi connectivity index (χ0v) is 8.48. The predicted octanol–water partition coefficient (Wildman–Crippen LogP) is 3.59. The molecule has 0 unspecified atom stereocenters. The monoisotopic (exact) mass is 185 g/mol. The number of rotatable bonds is 2. The fraction of sp³-hybridized carbons (Fsp3) is 0.154. The maximum Gasteiger partial charge on any atom is 0.0561 e. The van der Waals surface area contributed by atoms with Gasteiger partial charge in [0.25, 0.3) is 0 Å². The highest BCUT2D eigenvalue weighted by atomic mass is 14.7. The van der Waals surface area contributed by atoms with E-state index in [1.165, 1.54) is 0 Å². The lowest BCUT2D eigenvalue weighted by molar-refractivity contribution is 1.34. The van der Waals surface area contributed by atoms with Gasteiger partial charge in [0.2, 0.25) is 0 Å². The molecular weight excluding hydrogens is 170 g/mol. The van der Waals surface area contributed by atoms with E-state index in [4.69, 9.17) is 0 Å². The van der Waals surface area contributed by atoms with Gasteiger partial charge < -0.3 is 0 Å². The van der Waals surface area contributed by atoms with Crippen molar-refractivity contribution in [2.24, 2.45) is 4.99 Å². The topological polar surface area (TPSA) is 12.4 Å². The van der Waals surface area contributed by atoms with Gasteiger partial charge in [-0.25, -0.2) is 0 Å². The SMILES string of the molecule is C=C1/C=C\C=C/CC(/C=C\C=C/C)=N\1. The van der Waals surface area contributed by atoms with Crippen LogP contribution in [0.2, 0.25) is 0 Å². The second kappa shape index (κ2) is 5.92. The molecule has 1 heteroatoms. The van der Waals surface area contributed by atoms with Crippen LogP contribution in [0, 0.1) is 0 Å². The second-order valence-corrected chi connectivity index (χ2v) is 2.97. The first-order chi connectivity index (χ1) is 6.83. The fourth-order valence-electron chi connectivity index (χ4n) is 1.08. The number of allylic oxidation sites excluding steroid dienone is 8. The lowest BCUT2D eigenvalue weighted by Crippen LogP contribution is -1.92. The smallest absolute Gasteiger partial charge is 0.0561 e. The summed E-state index contributed by atoms with van der Waals surface area (Å²) < 4.78 is 0. The van der Waals surface area contributed by atoms with Crippen LogP contribution in [0.5, 0.6) is 0 Å². The van der Waals surface area contributed by atoms with Crippen molar-refractivity contribution in [1.82, 2.24) is 0 Å². The normalized spacial score (nSPS) is 25.8. The quantitative estimate of drug-likeness (QED) is 0.583. The Balaban J connectivity index is 2.76. The fourth-order valence-corrected chi connectivity index (χ4v) is 1.08. The summed E-state index contributed by atoms with van der Waals surface area (Å²) in [5.41, 5.74) is 1.84. The van der Waals surface area contributed by atoms with E-state index in [9.17, 15) is 0 Å². The van der Waals surface area contributed by atoms with Crippen molar-refractivity contribution in [2.75, 3.05) is 0 Å².